The number of thioether (sulfide) groups is 1. The number of carbonyl (C=O) groups is 1. The number of rotatable bonds is 6. The highest BCUT2D eigenvalue weighted by Crippen LogP contribution is 2.29. The standard InChI is InChI=1S/C23H24N4O3S/c1-13-6-14(2)21-16(7-13)8-15(3)22-25-26-23(27(21)22)31-12-20(28)24-17-9-18(29-4)11-19(10-17)30-5/h6-11H,12H2,1-5H3,(H,24,28). The van der Waals surface area contributed by atoms with Gasteiger partial charge in [-0.1, -0.05) is 23.4 Å². The molecule has 0 atom stereocenters. The maximum atomic E-state index is 12.6. The van der Waals surface area contributed by atoms with Gasteiger partial charge in [0, 0.05) is 23.9 Å². The fraction of sp³-hybridized carbons (Fsp3) is 0.261. The molecule has 0 saturated carbocycles. The largest absolute Gasteiger partial charge is 0.497 e. The molecule has 0 saturated heterocycles. The summed E-state index contributed by atoms with van der Waals surface area (Å²) in [7, 11) is 3.14. The van der Waals surface area contributed by atoms with Gasteiger partial charge in [0.1, 0.15) is 11.5 Å². The van der Waals surface area contributed by atoms with Crippen LogP contribution in [0.1, 0.15) is 16.7 Å². The number of anilines is 1. The molecule has 160 valence electrons. The van der Waals surface area contributed by atoms with E-state index in [1.807, 2.05) is 11.3 Å². The van der Waals surface area contributed by atoms with E-state index in [-0.39, 0.29) is 11.7 Å². The maximum Gasteiger partial charge on any atom is 0.234 e. The first-order valence-electron chi connectivity index (χ1n) is 9.81. The molecule has 4 aromatic rings. The number of aromatic nitrogens is 3. The lowest BCUT2D eigenvalue weighted by atomic mass is 10.1. The third-order valence-electron chi connectivity index (χ3n) is 5.02. The minimum Gasteiger partial charge on any atom is -0.497 e. The molecule has 7 nitrogen and oxygen atoms in total. The zero-order chi connectivity index (χ0) is 22.1. The van der Waals surface area contributed by atoms with Crippen LogP contribution in [-0.2, 0) is 4.79 Å². The second kappa shape index (κ2) is 8.47. The molecule has 2 aromatic carbocycles. The van der Waals surface area contributed by atoms with Gasteiger partial charge in [-0.25, -0.2) is 0 Å². The second-order valence-electron chi connectivity index (χ2n) is 7.43. The van der Waals surface area contributed by atoms with Crippen molar-refractivity contribution in [3.8, 4) is 11.5 Å². The molecule has 0 fully saturated rings. The Balaban J connectivity index is 1.60. The Labute approximate surface area is 184 Å². The second-order valence-corrected chi connectivity index (χ2v) is 8.37. The van der Waals surface area contributed by atoms with Crippen LogP contribution in [0.4, 0.5) is 5.69 Å². The van der Waals surface area contributed by atoms with Crippen LogP contribution in [0.5, 0.6) is 11.5 Å². The molecule has 31 heavy (non-hydrogen) atoms. The molecule has 8 heteroatoms. The number of aryl methyl sites for hydroxylation is 3. The maximum absolute atomic E-state index is 12.6. The number of hydrogen-bond acceptors (Lipinski definition) is 6. The number of pyridine rings is 1. The Bertz CT molecular complexity index is 1280. The van der Waals surface area contributed by atoms with E-state index >= 15 is 0 Å². The number of fused-ring (bicyclic) bond motifs is 3. The number of carbonyl (C=O) groups excluding carboxylic acids is 1. The van der Waals surface area contributed by atoms with Gasteiger partial charge in [0.2, 0.25) is 5.91 Å². The summed E-state index contributed by atoms with van der Waals surface area (Å²) in [5.41, 5.74) is 5.88. The summed E-state index contributed by atoms with van der Waals surface area (Å²) < 4.78 is 12.6. The van der Waals surface area contributed by atoms with Gasteiger partial charge < -0.3 is 14.8 Å². The van der Waals surface area contributed by atoms with Crippen LogP contribution in [-0.4, -0.2) is 40.5 Å². The smallest absolute Gasteiger partial charge is 0.234 e. The van der Waals surface area contributed by atoms with E-state index in [1.165, 1.54) is 17.3 Å². The van der Waals surface area contributed by atoms with Crippen LogP contribution >= 0.6 is 11.8 Å². The summed E-state index contributed by atoms with van der Waals surface area (Å²) in [6.45, 7) is 6.20. The SMILES string of the molecule is COc1cc(NC(=O)CSc2nnc3c(C)cc4cc(C)cc(C)c4n23)cc(OC)c1. The van der Waals surface area contributed by atoms with Crippen molar-refractivity contribution in [3.63, 3.8) is 0 Å². The molecular formula is C23H24N4O3S. The molecule has 0 aliphatic heterocycles. The highest BCUT2D eigenvalue weighted by molar-refractivity contribution is 7.99. The van der Waals surface area contributed by atoms with Gasteiger partial charge in [0.05, 0.1) is 25.5 Å². The predicted octanol–water partition coefficient (Wildman–Crippen LogP) is 4.56. The van der Waals surface area contributed by atoms with Gasteiger partial charge in [0.25, 0.3) is 0 Å². The van der Waals surface area contributed by atoms with E-state index in [0.717, 1.165) is 27.7 Å². The Hall–Kier alpha value is -3.26. The van der Waals surface area contributed by atoms with Crippen molar-refractivity contribution < 1.29 is 14.3 Å². The first kappa shape index (κ1) is 21.0. The molecule has 1 amide bonds. The first-order chi connectivity index (χ1) is 14.9. The van der Waals surface area contributed by atoms with E-state index < -0.39 is 0 Å². The monoisotopic (exact) mass is 436 g/mol. The normalized spacial score (nSPS) is 11.1. The summed E-state index contributed by atoms with van der Waals surface area (Å²) in [5.74, 6) is 1.26. The lowest BCUT2D eigenvalue weighted by Crippen LogP contribution is -2.14. The summed E-state index contributed by atoms with van der Waals surface area (Å²) in [4.78, 5) is 12.6. The number of benzene rings is 2. The summed E-state index contributed by atoms with van der Waals surface area (Å²) >= 11 is 1.36. The zero-order valence-electron chi connectivity index (χ0n) is 18.1. The summed E-state index contributed by atoms with van der Waals surface area (Å²) in [6.07, 6.45) is 0. The van der Waals surface area contributed by atoms with Gasteiger partial charge in [-0.2, -0.15) is 0 Å². The fourth-order valence-corrected chi connectivity index (χ4v) is 4.47. The number of methoxy groups -OCH3 is 2. The van der Waals surface area contributed by atoms with Crippen LogP contribution in [0, 0.1) is 20.8 Å². The average Bonchev–Trinajstić information content (AvgIpc) is 3.16. The quantitative estimate of drug-likeness (QED) is 0.447. The molecule has 0 spiro atoms. The first-order valence-corrected chi connectivity index (χ1v) is 10.8. The van der Waals surface area contributed by atoms with Crippen molar-refractivity contribution >= 4 is 39.9 Å². The number of nitrogens with one attached hydrogen (secondary N) is 1. The van der Waals surface area contributed by atoms with Crippen LogP contribution in [0.2, 0.25) is 0 Å². The van der Waals surface area contributed by atoms with Crippen molar-refractivity contribution in [3.05, 3.63) is 53.1 Å². The summed E-state index contributed by atoms with van der Waals surface area (Å²) in [6, 6.07) is 11.7. The minimum atomic E-state index is -0.151. The van der Waals surface area contributed by atoms with E-state index in [4.69, 9.17) is 9.47 Å². The van der Waals surface area contributed by atoms with Crippen LogP contribution in [0.25, 0.3) is 16.6 Å². The van der Waals surface area contributed by atoms with Crippen molar-refractivity contribution in [2.24, 2.45) is 0 Å². The highest BCUT2D eigenvalue weighted by Gasteiger charge is 2.16. The Morgan fingerprint density at radius 3 is 2.35 bits per heavy atom. The van der Waals surface area contributed by atoms with Crippen molar-refractivity contribution in [2.45, 2.75) is 25.9 Å². The molecule has 0 aliphatic rings. The van der Waals surface area contributed by atoms with E-state index in [2.05, 4.69) is 47.6 Å². The molecule has 0 radical (unpaired) electrons. The number of nitrogens with zero attached hydrogens (tertiary/aromatic N) is 3. The molecule has 1 N–H and O–H groups in total. The van der Waals surface area contributed by atoms with Crippen molar-refractivity contribution in [2.75, 3.05) is 25.3 Å². The lowest BCUT2D eigenvalue weighted by Gasteiger charge is -2.11. The fourth-order valence-electron chi connectivity index (χ4n) is 3.73. The third kappa shape index (κ3) is 4.16. The van der Waals surface area contributed by atoms with Crippen LogP contribution in [0.15, 0.2) is 41.6 Å². The molecule has 0 bridgehead atoms. The highest BCUT2D eigenvalue weighted by atomic mass is 32.2. The molecular weight excluding hydrogens is 412 g/mol. The Morgan fingerprint density at radius 2 is 1.68 bits per heavy atom. The van der Waals surface area contributed by atoms with Gasteiger partial charge in [-0.15, -0.1) is 10.2 Å². The topological polar surface area (TPSA) is 77.8 Å². The predicted molar refractivity (Wildman–Crippen MR) is 124 cm³/mol. The Morgan fingerprint density at radius 1 is 0.968 bits per heavy atom. The molecule has 2 heterocycles. The van der Waals surface area contributed by atoms with Crippen molar-refractivity contribution in [1.82, 2.24) is 14.6 Å². The van der Waals surface area contributed by atoms with Gasteiger partial charge in [-0.3, -0.25) is 9.20 Å². The van der Waals surface area contributed by atoms with Crippen LogP contribution in [0.3, 0.4) is 0 Å². The van der Waals surface area contributed by atoms with E-state index in [1.54, 1.807) is 32.4 Å². The lowest BCUT2D eigenvalue weighted by molar-refractivity contribution is -0.113. The molecule has 2 aromatic heterocycles. The van der Waals surface area contributed by atoms with Gasteiger partial charge in [-0.05, 0) is 49.4 Å². The van der Waals surface area contributed by atoms with Gasteiger partial charge >= 0.3 is 0 Å². The molecule has 4 rings (SSSR count). The summed E-state index contributed by atoms with van der Waals surface area (Å²) in [5, 5.41) is 13.4. The number of amides is 1. The molecule has 0 aliphatic carbocycles. The number of hydrogen-bond donors (Lipinski definition) is 1. The van der Waals surface area contributed by atoms with Crippen molar-refractivity contribution in [1.29, 1.82) is 0 Å². The average molecular weight is 437 g/mol. The van der Waals surface area contributed by atoms with E-state index in [0.29, 0.717) is 22.3 Å². The molecule has 0 unspecified atom stereocenters. The third-order valence-corrected chi connectivity index (χ3v) is 5.95. The van der Waals surface area contributed by atoms with Crippen LogP contribution < -0.4 is 14.8 Å². The Kier molecular flexibility index (Phi) is 5.73. The minimum absolute atomic E-state index is 0.151. The van der Waals surface area contributed by atoms with Gasteiger partial charge in [0.15, 0.2) is 10.8 Å². The zero-order valence-corrected chi connectivity index (χ0v) is 19.0. The number of ether oxygens (including phenoxy) is 2. The van der Waals surface area contributed by atoms with E-state index in [9.17, 15) is 4.79 Å².